The van der Waals surface area contributed by atoms with E-state index in [1.807, 2.05) is 55.6 Å². The SMILES string of the molecule is CCCn1nccc1-c1cc(C)nc([C@H]2CCCN2C(=O)C(C)(C)C)n1. The molecule has 1 aliphatic rings. The summed E-state index contributed by atoms with van der Waals surface area (Å²) in [5.41, 5.74) is 2.41. The van der Waals surface area contributed by atoms with Gasteiger partial charge in [0.25, 0.3) is 0 Å². The maximum absolute atomic E-state index is 12.8. The lowest BCUT2D eigenvalue weighted by molar-refractivity contribution is -0.140. The molecule has 1 atom stereocenters. The Balaban J connectivity index is 1.97. The molecule has 6 nitrogen and oxygen atoms in total. The number of carbonyl (C=O) groups is 1. The highest BCUT2D eigenvalue weighted by atomic mass is 16.2. The Morgan fingerprint density at radius 3 is 2.77 bits per heavy atom. The second-order valence-electron chi connectivity index (χ2n) is 8.10. The van der Waals surface area contributed by atoms with Gasteiger partial charge in [0, 0.05) is 30.4 Å². The summed E-state index contributed by atoms with van der Waals surface area (Å²) in [5.74, 6) is 0.919. The molecule has 0 saturated carbocycles. The molecular weight excluding hydrogens is 326 g/mol. The van der Waals surface area contributed by atoms with Crippen molar-refractivity contribution in [1.82, 2.24) is 24.6 Å². The summed E-state index contributed by atoms with van der Waals surface area (Å²) in [6, 6.07) is 3.95. The van der Waals surface area contributed by atoms with Crippen LogP contribution in [0.3, 0.4) is 0 Å². The standard InChI is InChI=1S/C20H29N5O/c1-6-11-25-16(9-10-21-25)15-13-14(2)22-18(23-15)17-8-7-12-24(17)19(26)20(3,4)5/h9-10,13,17H,6-8,11-12H2,1-5H3/t17-/m1/s1. The molecule has 0 unspecified atom stereocenters. The number of aromatic nitrogens is 4. The Morgan fingerprint density at radius 2 is 2.08 bits per heavy atom. The Kier molecular flexibility index (Phi) is 5.12. The van der Waals surface area contributed by atoms with Crippen LogP contribution in [0, 0.1) is 12.3 Å². The number of aryl methyl sites for hydroxylation is 2. The van der Waals surface area contributed by atoms with E-state index in [9.17, 15) is 4.79 Å². The zero-order valence-electron chi connectivity index (χ0n) is 16.5. The van der Waals surface area contributed by atoms with Gasteiger partial charge in [-0.2, -0.15) is 5.10 Å². The Bertz CT molecular complexity index is 790. The number of carbonyl (C=O) groups excluding carboxylic acids is 1. The molecule has 26 heavy (non-hydrogen) atoms. The van der Waals surface area contributed by atoms with Gasteiger partial charge in [-0.25, -0.2) is 9.97 Å². The van der Waals surface area contributed by atoms with E-state index in [0.29, 0.717) is 0 Å². The van der Waals surface area contributed by atoms with Crippen LogP contribution in [0.1, 0.15) is 64.5 Å². The normalized spacial score (nSPS) is 17.7. The highest BCUT2D eigenvalue weighted by Gasteiger charge is 2.37. The maximum atomic E-state index is 12.8. The average molecular weight is 355 g/mol. The third-order valence-corrected chi connectivity index (χ3v) is 4.74. The molecule has 0 radical (unpaired) electrons. The fourth-order valence-corrected chi connectivity index (χ4v) is 3.52. The molecule has 140 valence electrons. The molecule has 0 bridgehead atoms. The van der Waals surface area contributed by atoms with Gasteiger partial charge in [-0.3, -0.25) is 9.48 Å². The molecule has 2 aromatic rings. The van der Waals surface area contributed by atoms with Crippen LogP contribution in [0.5, 0.6) is 0 Å². The van der Waals surface area contributed by atoms with Gasteiger partial charge in [0.2, 0.25) is 5.91 Å². The van der Waals surface area contributed by atoms with Crippen LogP contribution in [-0.4, -0.2) is 37.1 Å². The lowest BCUT2D eigenvalue weighted by Crippen LogP contribution is -2.39. The Hall–Kier alpha value is -2.24. The number of nitrogens with zero attached hydrogens (tertiary/aromatic N) is 5. The maximum Gasteiger partial charge on any atom is 0.228 e. The van der Waals surface area contributed by atoms with Crippen LogP contribution in [0.15, 0.2) is 18.3 Å². The summed E-state index contributed by atoms with van der Waals surface area (Å²) in [6.45, 7) is 11.7. The van der Waals surface area contributed by atoms with Gasteiger partial charge in [0.1, 0.15) is 0 Å². The summed E-state index contributed by atoms with van der Waals surface area (Å²) in [6.07, 6.45) is 4.74. The van der Waals surface area contributed by atoms with Crippen molar-refractivity contribution in [2.75, 3.05) is 6.54 Å². The van der Waals surface area contributed by atoms with Crippen molar-refractivity contribution in [2.24, 2.45) is 5.41 Å². The van der Waals surface area contributed by atoms with Crippen molar-refractivity contribution in [3.05, 3.63) is 29.8 Å². The zero-order valence-corrected chi connectivity index (χ0v) is 16.5. The number of hydrogen-bond acceptors (Lipinski definition) is 4. The largest absolute Gasteiger partial charge is 0.332 e. The molecule has 6 heteroatoms. The fourth-order valence-electron chi connectivity index (χ4n) is 3.52. The number of amides is 1. The second kappa shape index (κ2) is 7.17. The minimum atomic E-state index is -0.394. The molecule has 1 saturated heterocycles. The van der Waals surface area contributed by atoms with Crippen LogP contribution >= 0.6 is 0 Å². The molecular formula is C20H29N5O. The Labute approximate surface area is 155 Å². The van der Waals surface area contributed by atoms with Crippen LogP contribution in [0.2, 0.25) is 0 Å². The van der Waals surface area contributed by atoms with Gasteiger partial charge in [-0.05, 0) is 38.3 Å². The van der Waals surface area contributed by atoms with Gasteiger partial charge in [0.05, 0.1) is 17.4 Å². The number of hydrogen-bond donors (Lipinski definition) is 0. The number of likely N-dealkylation sites (tertiary alicyclic amines) is 1. The topological polar surface area (TPSA) is 63.9 Å². The smallest absolute Gasteiger partial charge is 0.228 e. The molecule has 0 N–H and O–H groups in total. The van der Waals surface area contributed by atoms with Gasteiger partial charge in [-0.1, -0.05) is 27.7 Å². The molecule has 1 fully saturated rings. The predicted octanol–water partition coefficient (Wildman–Crippen LogP) is 3.77. The van der Waals surface area contributed by atoms with E-state index in [1.54, 1.807) is 0 Å². The van der Waals surface area contributed by atoms with Crippen molar-refractivity contribution in [1.29, 1.82) is 0 Å². The minimum absolute atomic E-state index is 0.0390. The predicted molar refractivity (Wildman–Crippen MR) is 101 cm³/mol. The second-order valence-corrected chi connectivity index (χ2v) is 8.10. The monoisotopic (exact) mass is 355 g/mol. The van der Waals surface area contributed by atoms with Crippen molar-refractivity contribution >= 4 is 5.91 Å². The van der Waals surface area contributed by atoms with Gasteiger partial charge in [0.15, 0.2) is 5.82 Å². The summed E-state index contributed by atoms with van der Waals surface area (Å²) in [5, 5.41) is 4.41. The van der Waals surface area contributed by atoms with E-state index >= 15 is 0 Å². The first-order valence-electron chi connectivity index (χ1n) is 9.50. The van der Waals surface area contributed by atoms with Crippen molar-refractivity contribution in [2.45, 2.75) is 66.5 Å². The molecule has 0 spiro atoms. The highest BCUT2D eigenvalue weighted by molar-refractivity contribution is 5.82. The molecule has 1 aliphatic heterocycles. The van der Waals surface area contributed by atoms with E-state index < -0.39 is 5.41 Å². The summed E-state index contributed by atoms with van der Waals surface area (Å²) in [4.78, 5) is 24.3. The molecule has 3 rings (SSSR count). The number of rotatable bonds is 4. The van der Waals surface area contributed by atoms with Crippen LogP contribution in [0.4, 0.5) is 0 Å². The molecule has 1 amide bonds. The summed E-state index contributed by atoms with van der Waals surface area (Å²) in [7, 11) is 0. The first-order valence-corrected chi connectivity index (χ1v) is 9.50. The first-order chi connectivity index (χ1) is 12.3. The van der Waals surface area contributed by atoms with Crippen molar-refractivity contribution in [3.63, 3.8) is 0 Å². The Morgan fingerprint density at radius 1 is 1.31 bits per heavy atom. The van der Waals surface area contributed by atoms with Crippen LogP contribution in [-0.2, 0) is 11.3 Å². The van der Waals surface area contributed by atoms with Gasteiger partial charge in [-0.15, -0.1) is 0 Å². The van der Waals surface area contributed by atoms with Crippen LogP contribution in [0.25, 0.3) is 11.4 Å². The zero-order chi connectivity index (χ0) is 18.9. The lowest BCUT2D eigenvalue weighted by atomic mass is 9.94. The van der Waals surface area contributed by atoms with E-state index in [2.05, 4.69) is 17.0 Å². The van der Waals surface area contributed by atoms with Gasteiger partial charge < -0.3 is 4.90 Å². The van der Waals surface area contributed by atoms with E-state index in [1.165, 1.54) is 0 Å². The summed E-state index contributed by atoms with van der Waals surface area (Å²) >= 11 is 0. The molecule has 3 heterocycles. The van der Waals surface area contributed by atoms with E-state index in [0.717, 1.165) is 55.3 Å². The minimum Gasteiger partial charge on any atom is -0.332 e. The van der Waals surface area contributed by atoms with Crippen LogP contribution < -0.4 is 0 Å². The third kappa shape index (κ3) is 3.64. The summed E-state index contributed by atoms with van der Waals surface area (Å²) < 4.78 is 1.98. The van der Waals surface area contributed by atoms with Crippen molar-refractivity contribution in [3.8, 4) is 11.4 Å². The fraction of sp³-hybridized carbons (Fsp3) is 0.600. The quantitative estimate of drug-likeness (QED) is 0.837. The van der Waals surface area contributed by atoms with Crippen molar-refractivity contribution < 1.29 is 4.79 Å². The van der Waals surface area contributed by atoms with E-state index in [-0.39, 0.29) is 11.9 Å². The third-order valence-electron chi connectivity index (χ3n) is 4.74. The molecule has 0 aromatic carbocycles. The highest BCUT2D eigenvalue weighted by Crippen LogP contribution is 2.34. The average Bonchev–Trinajstić information content (AvgIpc) is 3.22. The van der Waals surface area contributed by atoms with E-state index in [4.69, 9.17) is 4.98 Å². The van der Waals surface area contributed by atoms with Gasteiger partial charge >= 0.3 is 0 Å². The lowest BCUT2D eigenvalue weighted by Gasteiger charge is -2.30. The first kappa shape index (κ1) is 18.5. The molecule has 2 aromatic heterocycles. The molecule has 0 aliphatic carbocycles.